The molecule has 0 saturated heterocycles. The normalized spacial score (nSPS) is 9.65. The van der Waals surface area contributed by atoms with Crippen LogP contribution in [0.5, 0.6) is 5.75 Å². The molecule has 92 valence electrons. The lowest BCUT2D eigenvalue weighted by Gasteiger charge is -2.08. The van der Waals surface area contributed by atoms with E-state index in [1.807, 2.05) is 0 Å². The van der Waals surface area contributed by atoms with Crippen LogP contribution in [0.15, 0.2) is 12.1 Å². The number of rotatable bonds is 5. The number of hydrogen-bond acceptors (Lipinski definition) is 2. The third kappa shape index (κ3) is 4.04. The van der Waals surface area contributed by atoms with Gasteiger partial charge in [0.05, 0.1) is 6.61 Å². The van der Waals surface area contributed by atoms with E-state index in [-0.39, 0.29) is 12.4 Å². The van der Waals surface area contributed by atoms with Crippen molar-refractivity contribution in [3.63, 3.8) is 0 Å². The highest BCUT2D eigenvalue weighted by Crippen LogP contribution is 2.23. The van der Waals surface area contributed by atoms with E-state index in [1.165, 1.54) is 12.1 Å². The topological polar surface area (TPSA) is 35.2 Å². The fourth-order valence-corrected chi connectivity index (χ4v) is 1.39. The van der Waals surface area contributed by atoms with E-state index in [0.29, 0.717) is 24.9 Å². The quantitative estimate of drug-likeness (QED) is 0.632. The molecule has 1 aromatic carbocycles. The number of halogens is 2. The molecule has 0 unspecified atom stereocenters. The maximum Gasteiger partial charge on any atom is 0.190 e. The van der Waals surface area contributed by atoms with Gasteiger partial charge in [0.15, 0.2) is 17.4 Å². The minimum atomic E-state index is -0.696. The van der Waals surface area contributed by atoms with Gasteiger partial charge < -0.3 is 10.5 Å². The average Bonchev–Trinajstić information content (AvgIpc) is 2.27. The van der Waals surface area contributed by atoms with Crippen LogP contribution in [0.4, 0.5) is 8.78 Å². The molecule has 0 aliphatic heterocycles. The molecule has 1 aromatic rings. The maximum absolute atomic E-state index is 13.5. The molecule has 0 fully saturated rings. The summed E-state index contributed by atoms with van der Waals surface area (Å²) in [5.74, 6) is 3.69. The molecule has 0 aromatic heterocycles. The molecule has 1 rings (SSSR count). The van der Waals surface area contributed by atoms with Gasteiger partial charge in [-0.2, -0.15) is 0 Å². The van der Waals surface area contributed by atoms with E-state index in [2.05, 4.69) is 11.8 Å². The van der Waals surface area contributed by atoms with Crippen LogP contribution in [0.2, 0.25) is 0 Å². The van der Waals surface area contributed by atoms with Crippen LogP contribution in [-0.4, -0.2) is 13.2 Å². The Labute approximate surface area is 99.8 Å². The fraction of sp³-hybridized carbons (Fsp3) is 0.385. The summed E-state index contributed by atoms with van der Waals surface area (Å²) in [6.07, 6.45) is 0.884. The van der Waals surface area contributed by atoms with Gasteiger partial charge in [0.25, 0.3) is 0 Å². The lowest BCUT2D eigenvalue weighted by atomic mass is 10.1. The first-order valence-electron chi connectivity index (χ1n) is 5.39. The van der Waals surface area contributed by atoms with Crippen LogP contribution < -0.4 is 10.5 Å². The first kappa shape index (κ1) is 13.5. The van der Waals surface area contributed by atoms with Crippen LogP contribution in [0.1, 0.15) is 18.9 Å². The molecule has 2 nitrogen and oxygen atoms in total. The molecule has 0 amide bonds. The summed E-state index contributed by atoms with van der Waals surface area (Å²) in [5.41, 5.74) is 5.85. The maximum atomic E-state index is 13.5. The SMILES string of the molecule is CC#CCCOc1c(F)cc(CCN)cc1F. The highest BCUT2D eigenvalue weighted by Gasteiger charge is 2.12. The first-order chi connectivity index (χ1) is 8.19. The molecule has 0 aliphatic rings. The Morgan fingerprint density at radius 3 is 2.47 bits per heavy atom. The van der Waals surface area contributed by atoms with Crippen molar-refractivity contribution in [1.29, 1.82) is 0 Å². The molecular formula is C13H15F2NO. The van der Waals surface area contributed by atoms with E-state index in [9.17, 15) is 8.78 Å². The van der Waals surface area contributed by atoms with Gasteiger partial charge in [0.2, 0.25) is 0 Å². The van der Waals surface area contributed by atoms with E-state index in [1.54, 1.807) is 6.92 Å². The number of hydrogen-bond donors (Lipinski definition) is 1. The molecule has 2 N–H and O–H groups in total. The zero-order valence-electron chi connectivity index (χ0n) is 9.72. The number of ether oxygens (including phenoxy) is 1. The summed E-state index contributed by atoms with van der Waals surface area (Å²) in [6.45, 7) is 2.22. The van der Waals surface area contributed by atoms with Crippen molar-refractivity contribution < 1.29 is 13.5 Å². The molecule has 0 spiro atoms. The highest BCUT2D eigenvalue weighted by atomic mass is 19.1. The summed E-state index contributed by atoms with van der Waals surface area (Å²) in [5, 5.41) is 0. The average molecular weight is 239 g/mol. The van der Waals surface area contributed by atoms with Crippen LogP contribution in [0, 0.1) is 23.5 Å². The zero-order valence-corrected chi connectivity index (χ0v) is 9.72. The largest absolute Gasteiger partial charge is 0.487 e. The number of nitrogens with two attached hydrogens (primary N) is 1. The van der Waals surface area contributed by atoms with Gasteiger partial charge in [-0.3, -0.25) is 0 Å². The Bertz CT molecular complexity index is 412. The summed E-state index contributed by atoms with van der Waals surface area (Å²) >= 11 is 0. The van der Waals surface area contributed by atoms with Gasteiger partial charge in [0, 0.05) is 6.42 Å². The minimum Gasteiger partial charge on any atom is -0.487 e. The Balaban J connectivity index is 2.74. The molecule has 0 saturated carbocycles. The Morgan fingerprint density at radius 2 is 1.94 bits per heavy atom. The van der Waals surface area contributed by atoms with Crippen molar-refractivity contribution >= 4 is 0 Å². The second kappa shape index (κ2) is 6.87. The van der Waals surface area contributed by atoms with Crippen molar-refractivity contribution in [3.8, 4) is 17.6 Å². The monoisotopic (exact) mass is 239 g/mol. The van der Waals surface area contributed by atoms with Crippen molar-refractivity contribution in [3.05, 3.63) is 29.3 Å². The minimum absolute atomic E-state index is 0.172. The Kier molecular flexibility index (Phi) is 5.44. The summed E-state index contributed by atoms with van der Waals surface area (Å²) < 4.78 is 32.0. The van der Waals surface area contributed by atoms with Gasteiger partial charge in [-0.15, -0.1) is 11.8 Å². The summed E-state index contributed by atoms with van der Waals surface area (Å²) in [7, 11) is 0. The van der Waals surface area contributed by atoms with Gasteiger partial charge in [-0.1, -0.05) is 0 Å². The number of benzene rings is 1. The lowest BCUT2D eigenvalue weighted by Crippen LogP contribution is -2.05. The molecule has 0 radical (unpaired) electrons. The van der Waals surface area contributed by atoms with Gasteiger partial charge >= 0.3 is 0 Å². The molecule has 0 aliphatic carbocycles. The van der Waals surface area contributed by atoms with Crippen LogP contribution in [0.3, 0.4) is 0 Å². The summed E-state index contributed by atoms with van der Waals surface area (Å²) in [6, 6.07) is 2.49. The lowest BCUT2D eigenvalue weighted by molar-refractivity contribution is 0.292. The molecular weight excluding hydrogens is 224 g/mol. The van der Waals surface area contributed by atoms with Gasteiger partial charge in [-0.25, -0.2) is 8.78 Å². The molecule has 17 heavy (non-hydrogen) atoms. The second-order valence-corrected chi connectivity index (χ2v) is 3.45. The van der Waals surface area contributed by atoms with E-state index in [4.69, 9.17) is 10.5 Å². The van der Waals surface area contributed by atoms with E-state index < -0.39 is 11.6 Å². The Morgan fingerprint density at radius 1 is 1.29 bits per heavy atom. The molecule has 0 heterocycles. The molecule has 0 bridgehead atoms. The van der Waals surface area contributed by atoms with Gasteiger partial charge in [-0.05, 0) is 37.6 Å². The smallest absolute Gasteiger partial charge is 0.190 e. The van der Waals surface area contributed by atoms with Crippen molar-refractivity contribution in [2.24, 2.45) is 5.73 Å². The predicted molar refractivity (Wildman–Crippen MR) is 62.7 cm³/mol. The third-order valence-corrected chi connectivity index (χ3v) is 2.14. The van der Waals surface area contributed by atoms with Crippen molar-refractivity contribution in [2.75, 3.05) is 13.2 Å². The zero-order chi connectivity index (χ0) is 12.7. The highest BCUT2D eigenvalue weighted by molar-refractivity contribution is 5.31. The van der Waals surface area contributed by atoms with E-state index >= 15 is 0 Å². The molecule has 4 heteroatoms. The summed E-state index contributed by atoms with van der Waals surface area (Å²) in [4.78, 5) is 0. The Hall–Kier alpha value is -1.60. The first-order valence-corrected chi connectivity index (χ1v) is 5.39. The second-order valence-electron chi connectivity index (χ2n) is 3.45. The fourth-order valence-electron chi connectivity index (χ4n) is 1.39. The van der Waals surface area contributed by atoms with Gasteiger partial charge in [0.1, 0.15) is 0 Å². The van der Waals surface area contributed by atoms with Crippen LogP contribution in [0.25, 0.3) is 0 Å². The van der Waals surface area contributed by atoms with Crippen molar-refractivity contribution in [1.82, 2.24) is 0 Å². The van der Waals surface area contributed by atoms with E-state index in [0.717, 1.165) is 0 Å². The third-order valence-electron chi connectivity index (χ3n) is 2.14. The molecule has 0 atom stereocenters. The van der Waals surface area contributed by atoms with Crippen LogP contribution in [-0.2, 0) is 6.42 Å². The van der Waals surface area contributed by atoms with Crippen LogP contribution >= 0.6 is 0 Å². The standard InChI is InChI=1S/C13H15F2NO/c1-2-3-4-7-17-13-11(14)8-10(5-6-16)9-12(13)15/h8-9H,4-7,16H2,1H3. The predicted octanol–water partition coefficient (Wildman–Crippen LogP) is 2.26. The van der Waals surface area contributed by atoms with Crippen molar-refractivity contribution in [2.45, 2.75) is 19.8 Å².